The van der Waals surface area contributed by atoms with Gasteiger partial charge in [-0.15, -0.1) is 0 Å². The van der Waals surface area contributed by atoms with Crippen LogP contribution in [0, 0.1) is 0 Å². The van der Waals surface area contributed by atoms with Gasteiger partial charge in [0.1, 0.15) is 5.82 Å². The molecular formula is C19H22N6O3. The summed E-state index contributed by atoms with van der Waals surface area (Å²) >= 11 is 0. The third-order valence-electron chi connectivity index (χ3n) is 4.08. The van der Waals surface area contributed by atoms with Gasteiger partial charge in [-0.3, -0.25) is 15.2 Å². The lowest BCUT2D eigenvalue weighted by Crippen LogP contribution is -2.31. The van der Waals surface area contributed by atoms with Crippen molar-refractivity contribution >= 4 is 34.5 Å². The summed E-state index contributed by atoms with van der Waals surface area (Å²) in [5.41, 5.74) is 2.16. The van der Waals surface area contributed by atoms with Crippen LogP contribution >= 0.6 is 0 Å². The molecule has 1 atom stereocenters. The topological polar surface area (TPSA) is 121 Å². The van der Waals surface area contributed by atoms with E-state index in [1.165, 1.54) is 6.92 Å². The van der Waals surface area contributed by atoms with Crippen molar-refractivity contribution in [2.45, 2.75) is 26.5 Å². The Morgan fingerprint density at radius 2 is 1.96 bits per heavy atom. The molecule has 0 bridgehead atoms. The molecule has 0 saturated heterocycles. The van der Waals surface area contributed by atoms with Gasteiger partial charge in [-0.2, -0.15) is 5.10 Å². The molecule has 0 saturated carbocycles. The van der Waals surface area contributed by atoms with Gasteiger partial charge in [0, 0.05) is 20.1 Å². The minimum atomic E-state index is -0.381. The molecule has 146 valence electrons. The Morgan fingerprint density at radius 3 is 2.64 bits per heavy atom. The molecule has 9 heteroatoms. The van der Waals surface area contributed by atoms with Crippen LogP contribution in [0.15, 0.2) is 36.4 Å². The summed E-state index contributed by atoms with van der Waals surface area (Å²) in [6.45, 7) is 3.49. The van der Waals surface area contributed by atoms with Crippen LogP contribution in [-0.2, 0) is 16.1 Å². The van der Waals surface area contributed by atoms with E-state index in [4.69, 9.17) is 4.74 Å². The van der Waals surface area contributed by atoms with E-state index in [1.807, 2.05) is 37.3 Å². The number of carbonyl (C=O) groups is 2. The van der Waals surface area contributed by atoms with Crippen LogP contribution in [0.4, 0.5) is 16.4 Å². The SMILES string of the molecule is COCc1nc(NC(=O)NC(C)c2ccccc2)cc2[nH]nc(NC(C)=O)c12. The highest BCUT2D eigenvalue weighted by Crippen LogP contribution is 2.26. The first kappa shape index (κ1) is 19.3. The van der Waals surface area contributed by atoms with Gasteiger partial charge >= 0.3 is 6.03 Å². The van der Waals surface area contributed by atoms with Crippen LogP contribution in [-0.4, -0.2) is 34.2 Å². The zero-order chi connectivity index (χ0) is 20.1. The third kappa shape index (κ3) is 4.44. The van der Waals surface area contributed by atoms with Gasteiger partial charge in [0.05, 0.1) is 29.2 Å². The number of benzene rings is 1. The number of aromatic nitrogens is 3. The predicted molar refractivity (Wildman–Crippen MR) is 106 cm³/mol. The predicted octanol–water partition coefficient (Wildman–Crippen LogP) is 2.95. The highest BCUT2D eigenvalue weighted by Gasteiger charge is 2.16. The lowest BCUT2D eigenvalue weighted by molar-refractivity contribution is -0.114. The maximum absolute atomic E-state index is 12.4. The smallest absolute Gasteiger partial charge is 0.320 e. The Kier molecular flexibility index (Phi) is 5.85. The summed E-state index contributed by atoms with van der Waals surface area (Å²) in [5.74, 6) is 0.472. The molecule has 1 unspecified atom stereocenters. The van der Waals surface area contributed by atoms with Crippen molar-refractivity contribution in [3.63, 3.8) is 0 Å². The van der Waals surface area contributed by atoms with Crippen molar-refractivity contribution in [1.29, 1.82) is 0 Å². The molecule has 3 amide bonds. The number of aromatic amines is 1. The first-order valence-electron chi connectivity index (χ1n) is 8.75. The molecule has 3 aromatic rings. The quantitative estimate of drug-likeness (QED) is 0.522. The number of carbonyl (C=O) groups excluding carboxylic acids is 2. The number of H-pyrrole nitrogens is 1. The van der Waals surface area contributed by atoms with Crippen LogP contribution in [0.25, 0.3) is 10.9 Å². The fourth-order valence-corrected chi connectivity index (χ4v) is 2.86. The highest BCUT2D eigenvalue weighted by molar-refractivity contribution is 6.01. The van der Waals surface area contributed by atoms with E-state index in [-0.39, 0.29) is 24.6 Å². The number of nitrogens with one attached hydrogen (secondary N) is 4. The van der Waals surface area contributed by atoms with Crippen LogP contribution in [0.1, 0.15) is 31.1 Å². The first-order valence-corrected chi connectivity index (χ1v) is 8.75. The average molecular weight is 382 g/mol. The normalized spacial score (nSPS) is 11.8. The van der Waals surface area contributed by atoms with Crippen molar-refractivity contribution in [2.75, 3.05) is 17.7 Å². The zero-order valence-electron chi connectivity index (χ0n) is 15.9. The van der Waals surface area contributed by atoms with Gasteiger partial charge in [0.25, 0.3) is 0 Å². The van der Waals surface area contributed by atoms with Gasteiger partial charge < -0.3 is 15.4 Å². The third-order valence-corrected chi connectivity index (χ3v) is 4.08. The molecule has 9 nitrogen and oxygen atoms in total. The van der Waals surface area contributed by atoms with E-state index < -0.39 is 0 Å². The number of fused-ring (bicyclic) bond motifs is 1. The minimum Gasteiger partial charge on any atom is -0.378 e. The molecule has 0 spiro atoms. The zero-order valence-corrected chi connectivity index (χ0v) is 15.9. The number of rotatable bonds is 6. The van der Waals surface area contributed by atoms with Gasteiger partial charge in [-0.25, -0.2) is 9.78 Å². The first-order chi connectivity index (χ1) is 13.5. The van der Waals surface area contributed by atoms with Gasteiger partial charge in [0.15, 0.2) is 5.82 Å². The van der Waals surface area contributed by atoms with Crippen molar-refractivity contribution in [1.82, 2.24) is 20.5 Å². The Bertz CT molecular complexity index is 986. The van der Waals surface area contributed by atoms with E-state index >= 15 is 0 Å². The second kappa shape index (κ2) is 8.49. The molecular weight excluding hydrogens is 360 g/mol. The van der Waals surface area contributed by atoms with E-state index in [1.54, 1.807) is 13.2 Å². The number of amides is 3. The molecule has 1 aromatic carbocycles. The number of ether oxygens (including phenoxy) is 1. The van der Waals surface area contributed by atoms with Crippen LogP contribution in [0.3, 0.4) is 0 Å². The summed E-state index contributed by atoms with van der Waals surface area (Å²) in [5, 5.41) is 15.8. The van der Waals surface area contributed by atoms with Crippen molar-refractivity contribution < 1.29 is 14.3 Å². The van der Waals surface area contributed by atoms with Crippen molar-refractivity contribution in [3.8, 4) is 0 Å². The number of methoxy groups -OCH3 is 1. The largest absolute Gasteiger partial charge is 0.378 e. The van der Waals surface area contributed by atoms with Crippen LogP contribution < -0.4 is 16.0 Å². The summed E-state index contributed by atoms with van der Waals surface area (Å²) in [6.07, 6.45) is 0. The lowest BCUT2D eigenvalue weighted by Gasteiger charge is -2.15. The Balaban J connectivity index is 1.81. The van der Waals surface area contributed by atoms with E-state index in [2.05, 4.69) is 31.1 Å². The standard InChI is InChI=1S/C19H22N6O3/c1-11(13-7-5-4-6-8-13)20-19(27)23-16-9-14-17(15(22-16)10-28-3)18(25-24-14)21-12(2)26/h4-9,11H,10H2,1-3H3,(H2,20,22,23,27)(H2,21,24,25,26). The van der Waals surface area contributed by atoms with Gasteiger partial charge in [-0.1, -0.05) is 30.3 Å². The molecule has 4 N–H and O–H groups in total. The number of urea groups is 1. The number of hydrogen-bond donors (Lipinski definition) is 4. The second-order valence-corrected chi connectivity index (χ2v) is 6.29. The number of anilines is 2. The Labute approximate surface area is 161 Å². The number of pyridine rings is 1. The van der Waals surface area contributed by atoms with E-state index in [0.717, 1.165) is 5.56 Å². The molecule has 28 heavy (non-hydrogen) atoms. The summed E-state index contributed by atoms with van der Waals surface area (Å²) in [7, 11) is 1.54. The maximum Gasteiger partial charge on any atom is 0.320 e. The van der Waals surface area contributed by atoms with Gasteiger partial charge in [0.2, 0.25) is 5.91 Å². The Morgan fingerprint density at radius 1 is 1.21 bits per heavy atom. The monoisotopic (exact) mass is 382 g/mol. The fourth-order valence-electron chi connectivity index (χ4n) is 2.86. The molecule has 0 aliphatic rings. The summed E-state index contributed by atoms with van der Waals surface area (Å²) in [4.78, 5) is 28.2. The summed E-state index contributed by atoms with van der Waals surface area (Å²) in [6, 6.07) is 10.8. The van der Waals surface area contributed by atoms with Crippen LogP contribution in [0.2, 0.25) is 0 Å². The van der Waals surface area contributed by atoms with E-state index in [0.29, 0.717) is 28.2 Å². The van der Waals surface area contributed by atoms with Crippen LogP contribution in [0.5, 0.6) is 0 Å². The number of nitrogens with zero attached hydrogens (tertiary/aromatic N) is 2. The average Bonchev–Trinajstić information content (AvgIpc) is 3.04. The Hall–Kier alpha value is -3.46. The fraction of sp³-hybridized carbons (Fsp3) is 0.263. The molecule has 2 aromatic heterocycles. The molecule has 2 heterocycles. The van der Waals surface area contributed by atoms with E-state index in [9.17, 15) is 9.59 Å². The summed E-state index contributed by atoms with van der Waals surface area (Å²) < 4.78 is 5.20. The minimum absolute atomic E-state index is 0.165. The molecule has 0 fully saturated rings. The maximum atomic E-state index is 12.4. The molecule has 0 aliphatic carbocycles. The number of hydrogen-bond acceptors (Lipinski definition) is 5. The second-order valence-electron chi connectivity index (χ2n) is 6.29. The lowest BCUT2D eigenvalue weighted by atomic mass is 10.1. The van der Waals surface area contributed by atoms with Gasteiger partial charge in [-0.05, 0) is 12.5 Å². The van der Waals surface area contributed by atoms with Crippen molar-refractivity contribution in [2.24, 2.45) is 0 Å². The van der Waals surface area contributed by atoms with Crippen molar-refractivity contribution in [3.05, 3.63) is 47.7 Å². The molecule has 0 radical (unpaired) electrons. The molecule has 3 rings (SSSR count). The molecule has 0 aliphatic heterocycles. The highest BCUT2D eigenvalue weighted by atomic mass is 16.5.